The van der Waals surface area contributed by atoms with Gasteiger partial charge in [-0.2, -0.15) is 0 Å². The third-order valence-corrected chi connectivity index (χ3v) is 11.1. The van der Waals surface area contributed by atoms with Crippen LogP contribution in [0.4, 0.5) is 0 Å². The number of carbonyl (C=O) groups excluding carboxylic acids is 2. The highest BCUT2D eigenvalue weighted by Gasteiger charge is 2.56. The molecular weight excluding hydrogens is 836 g/mol. The second-order valence-corrected chi connectivity index (χ2v) is 15.4. The maximum Gasteiger partial charge on any atom is 0.217 e. The summed E-state index contributed by atoms with van der Waals surface area (Å²) >= 11 is 0. The number of ether oxygens (including phenoxy) is 9. The Hall–Kier alpha value is -1.98. The minimum atomic E-state index is -2.09. The molecule has 61 heavy (non-hydrogen) atoms. The normalized spacial score (nSPS) is 49.6. The first kappa shape index (κ1) is 50.0. The molecule has 5 fully saturated rings. The van der Waals surface area contributed by atoms with Crippen LogP contribution in [0.5, 0.6) is 0 Å². The molecule has 5 rings (SSSR count). The van der Waals surface area contributed by atoms with Crippen LogP contribution < -0.4 is 10.6 Å². The molecule has 5 saturated heterocycles. The average molecular weight is 895 g/mol. The minimum Gasteiger partial charge on any atom is -0.394 e. The Kier molecular flexibility index (Phi) is 17.5. The van der Waals surface area contributed by atoms with Gasteiger partial charge in [0.05, 0.1) is 32.5 Å². The number of rotatable bonds is 14. The molecule has 27 heteroatoms. The molecule has 0 spiro atoms. The molecule has 0 saturated carbocycles. The van der Waals surface area contributed by atoms with E-state index in [2.05, 4.69) is 10.6 Å². The molecule has 5 aliphatic rings. The van der Waals surface area contributed by atoms with Crippen LogP contribution in [0.2, 0.25) is 0 Å². The molecule has 5 aliphatic heterocycles. The van der Waals surface area contributed by atoms with E-state index in [1.165, 1.54) is 6.92 Å². The van der Waals surface area contributed by atoms with Crippen molar-refractivity contribution in [1.82, 2.24) is 10.6 Å². The molecule has 16 N–H and O–H groups in total. The maximum atomic E-state index is 12.5. The molecule has 27 nitrogen and oxygen atoms in total. The average Bonchev–Trinajstić information content (AvgIpc) is 3.21. The second kappa shape index (κ2) is 21.3. The summed E-state index contributed by atoms with van der Waals surface area (Å²) in [4.78, 5) is 24.5. The quantitative estimate of drug-likeness (QED) is 0.0770. The summed E-state index contributed by atoms with van der Waals surface area (Å²) in [5, 5.41) is 153. The van der Waals surface area contributed by atoms with Crippen molar-refractivity contribution >= 4 is 11.8 Å². The van der Waals surface area contributed by atoms with Crippen molar-refractivity contribution in [3.05, 3.63) is 0 Å². The molecule has 0 unspecified atom stereocenters. The van der Waals surface area contributed by atoms with E-state index in [-0.39, 0.29) is 0 Å². The first-order chi connectivity index (χ1) is 28.7. The number of aliphatic hydroxyl groups excluding tert-OH is 14. The van der Waals surface area contributed by atoms with Crippen LogP contribution in [0.1, 0.15) is 20.8 Å². The summed E-state index contributed by atoms with van der Waals surface area (Å²) in [5.74, 6) is -1.51. The van der Waals surface area contributed by atoms with Crippen LogP contribution >= 0.6 is 0 Å². The zero-order chi connectivity index (χ0) is 45.2. The van der Waals surface area contributed by atoms with E-state index in [1.807, 2.05) is 0 Å². The molecule has 354 valence electrons. The third kappa shape index (κ3) is 10.9. The van der Waals surface area contributed by atoms with Gasteiger partial charge in [-0.25, -0.2) is 0 Å². The van der Waals surface area contributed by atoms with Gasteiger partial charge in [0.25, 0.3) is 0 Å². The predicted molar refractivity (Wildman–Crippen MR) is 188 cm³/mol. The molecule has 0 aliphatic carbocycles. The molecule has 2 amide bonds. The lowest BCUT2D eigenvalue weighted by molar-refractivity contribution is -0.380. The second-order valence-electron chi connectivity index (χ2n) is 15.4. The summed E-state index contributed by atoms with van der Waals surface area (Å²) in [6.45, 7) is 0.0652. The van der Waals surface area contributed by atoms with Crippen molar-refractivity contribution in [2.75, 3.05) is 26.4 Å². The Balaban J connectivity index is 1.37. The van der Waals surface area contributed by atoms with Crippen molar-refractivity contribution in [2.45, 2.75) is 174 Å². The smallest absolute Gasteiger partial charge is 0.217 e. The zero-order valence-electron chi connectivity index (χ0n) is 33.0. The SMILES string of the molecule is CC(=O)N[C@@H]1[C@@H](O)[C@H](O[C@@H]2O[C@H](CO)[C@@H](O[C@@H]3O[C@H](CO)[C@@H](O)[C@H](O[C@@H]4O[C@H](CO)[C@@H](O)[C@H](O)[C@@H]4O)[C@@H]3O)[C@H](O)[C@H]2NC(C)=O)[C@@H](CO[C@H]2O[C@@H](C)[C@@H](O)[C@@H](O)[C@@H]2O)O[C@@H]1O. The predicted octanol–water partition coefficient (Wildman–Crippen LogP) is -10.6. The number of aliphatic hydroxyl groups is 14. The Bertz CT molecular complexity index is 1420. The van der Waals surface area contributed by atoms with Crippen LogP contribution in [0.15, 0.2) is 0 Å². The number of amides is 2. The largest absolute Gasteiger partial charge is 0.394 e. The van der Waals surface area contributed by atoms with Gasteiger partial charge in [-0.3, -0.25) is 9.59 Å². The number of hydrogen-bond donors (Lipinski definition) is 16. The lowest BCUT2D eigenvalue weighted by Crippen LogP contribution is -2.70. The van der Waals surface area contributed by atoms with Crippen molar-refractivity contribution in [2.24, 2.45) is 0 Å². The topological polar surface area (TPSA) is 424 Å². The highest BCUT2D eigenvalue weighted by molar-refractivity contribution is 5.73. The Labute approximate surface area is 346 Å². The van der Waals surface area contributed by atoms with Crippen LogP contribution in [-0.2, 0) is 52.2 Å². The Morgan fingerprint density at radius 1 is 0.459 bits per heavy atom. The fraction of sp³-hybridized carbons (Fsp3) is 0.941. The van der Waals surface area contributed by atoms with E-state index >= 15 is 0 Å². The summed E-state index contributed by atoms with van der Waals surface area (Å²) in [6.07, 6.45) is -40.3. The van der Waals surface area contributed by atoms with Crippen molar-refractivity contribution in [3.63, 3.8) is 0 Å². The maximum absolute atomic E-state index is 12.5. The number of hydrogen-bond acceptors (Lipinski definition) is 25. The van der Waals surface area contributed by atoms with Gasteiger partial charge in [-0.05, 0) is 6.92 Å². The highest BCUT2D eigenvalue weighted by Crippen LogP contribution is 2.35. The van der Waals surface area contributed by atoms with Gasteiger partial charge in [-0.15, -0.1) is 0 Å². The van der Waals surface area contributed by atoms with Gasteiger partial charge in [-0.1, -0.05) is 0 Å². The van der Waals surface area contributed by atoms with Gasteiger partial charge in [0.1, 0.15) is 116 Å². The third-order valence-electron chi connectivity index (χ3n) is 11.1. The summed E-state index contributed by atoms with van der Waals surface area (Å²) < 4.78 is 51.0. The Morgan fingerprint density at radius 3 is 1.51 bits per heavy atom. The van der Waals surface area contributed by atoms with Crippen LogP contribution in [0.3, 0.4) is 0 Å². The monoisotopic (exact) mass is 894 g/mol. The molecule has 0 bridgehead atoms. The van der Waals surface area contributed by atoms with Crippen LogP contribution in [0.25, 0.3) is 0 Å². The summed E-state index contributed by atoms with van der Waals surface area (Å²) in [5.41, 5.74) is 0. The van der Waals surface area contributed by atoms with Crippen molar-refractivity contribution in [3.8, 4) is 0 Å². The molecular formula is C34H58N2O25. The lowest BCUT2D eigenvalue weighted by atomic mass is 9.94. The standard InChI is InChI=1S/C34H58N2O25/c1-8-17(42)22(47)24(49)32(54-8)53-7-14-28(20(45)15(30(52)55-14)35-9(2)40)59-31-16(36-10(3)41)21(46)27(13(6-39)58-31)60-34-26(51)29(19(44)12(5-38)57-34)61-33-25(50)23(48)18(43)11(4-37)56-33/h8,11-34,37-39,42-52H,4-7H2,1-3H3,(H,35,40)(H,36,41)/t8-,11+,12+,13+,14+,15+,16+,17+,18+,19+,20+,21+,22+,23-,24-,25-,26-,27+,28+,29-,30-,31-,32-,33-,34-/m0/s1. The number of carbonyl (C=O) groups is 2. The minimum absolute atomic E-state index is 0.681. The van der Waals surface area contributed by atoms with Gasteiger partial charge in [0.2, 0.25) is 11.8 Å². The summed E-state index contributed by atoms with van der Waals surface area (Å²) in [7, 11) is 0. The van der Waals surface area contributed by atoms with E-state index in [9.17, 15) is 81.1 Å². The van der Waals surface area contributed by atoms with E-state index in [4.69, 9.17) is 42.6 Å². The van der Waals surface area contributed by atoms with Gasteiger partial charge in [0.15, 0.2) is 31.5 Å². The molecule has 0 aromatic carbocycles. The van der Waals surface area contributed by atoms with Gasteiger partial charge < -0.3 is 125 Å². The molecule has 0 aromatic rings. The lowest BCUT2D eigenvalue weighted by Gasteiger charge is -2.50. The molecule has 0 radical (unpaired) electrons. The molecule has 5 heterocycles. The van der Waals surface area contributed by atoms with E-state index in [1.54, 1.807) is 0 Å². The Morgan fingerprint density at radius 2 is 0.918 bits per heavy atom. The van der Waals surface area contributed by atoms with E-state index < -0.39 is 192 Å². The zero-order valence-corrected chi connectivity index (χ0v) is 33.0. The van der Waals surface area contributed by atoms with Crippen molar-refractivity contribution < 1.29 is 124 Å². The van der Waals surface area contributed by atoms with E-state index in [0.717, 1.165) is 13.8 Å². The molecule has 25 atom stereocenters. The fourth-order valence-electron chi connectivity index (χ4n) is 7.68. The first-order valence-electron chi connectivity index (χ1n) is 19.4. The van der Waals surface area contributed by atoms with Crippen molar-refractivity contribution in [1.29, 1.82) is 0 Å². The van der Waals surface area contributed by atoms with Crippen LogP contribution in [0, 0.1) is 0 Å². The first-order valence-corrected chi connectivity index (χ1v) is 19.4. The van der Waals surface area contributed by atoms with Crippen LogP contribution in [-0.4, -0.2) is 263 Å². The van der Waals surface area contributed by atoms with Gasteiger partial charge in [0, 0.05) is 13.8 Å². The molecule has 0 aromatic heterocycles. The van der Waals surface area contributed by atoms with E-state index in [0.29, 0.717) is 0 Å². The fourth-order valence-corrected chi connectivity index (χ4v) is 7.68. The van der Waals surface area contributed by atoms with Gasteiger partial charge >= 0.3 is 0 Å². The summed E-state index contributed by atoms with van der Waals surface area (Å²) in [6, 6.07) is -3.25. The number of nitrogens with one attached hydrogen (secondary N) is 2. The highest BCUT2D eigenvalue weighted by atomic mass is 16.8.